The lowest BCUT2D eigenvalue weighted by Crippen LogP contribution is -2.35. The van der Waals surface area contributed by atoms with Gasteiger partial charge in [-0.15, -0.1) is 5.10 Å². The first-order valence-corrected chi connectivity index (χ1v) is 8.34. The van der Waals surface area contributed by atoms with E-state index in [2.05, 4.69) is 14.9 Å². The number of ether oxygens (including phenoxy) is 2. The number of methoxy groups -OCH3 is 1. The molecular formula is C16H21N3O4S. The minimum absolute atomic E-state index is 0.199. The quantitative estimate of drug-likeness (QED) is 0.700. The van der Waals surface area contributed by atoms with Crippen LogP contribution in [0.1, 0.15) is 23.5 Å². The maximum atomic E-state index is 11.7. The smallest absolute Gasteiger partial charge is 0.352 e. The number of nitrogens with one attached hydrogen (secondary N) is 1. The number of nitrogens with zero attached hydrogens (tertiary/aromatic N) is 2. The van der Waals surface area contributed by atoms with Crippen LogP contribution in [0.15, 0.2) is 24.3 Å². The van der Waals surface area contributed by atoms with Gasteiger partial charge in [-0.3, -0.25) is 0 Å². The molecule has 0 fully saturated rings. The predicted octanol–water partition coefficient (Wildman–Crippen LogP) is 1.73. The van der Waals surface area contributed by atoms with Gasteiger partial charge < -0.3 is 19.9 Å². The lowest BCUT2D eigenvalue weighted by Gasteiger charge is -2.15. The van der Waals surface area contributed by atoms with E-state index in [0.717, 1.165) is 17.1 Å². The minimum atomic E-state index is -0.583. The van der Waals surface area contributed by atoms with Gasteiger partial charge >= 0.3 is 5.97 Å². The number of carbonyl (C=O) groups is 1. The summed E-state index contributed by atoms with van der Waals surface area (Å²) in [4.78, 5) is 12.0. The van der Waals surface area contributed by atoms with Crippen molar-refractivity contribution in [1.82, 2.24) is 14.9 Å². The van der Waals surface area contributed by atoms with Crippen LogP contribution < -0.4 is 10.1 Å². The lowest BCUT2D eigenvalue weighted by molar-refractivity contribution is 0.0607. The van der Waals surface area contributed by atoms with E-state index in [0.29, 0.717) is 28.9 Å². The van der Waals surface area contributed by atoms with Crippen molar-refractivity contribution < 1.29 is 19.4 Å². The Hall–Kier alpha value is -2.03. The summed E-state index contributed by atoms with van der Waals surface area (Å²) in [5.74, 6) is 0.172. The van der Waals surface area contributed by atoms with E-state index in [1.54, 1.807) is 24.3 Å². The first kappa shape index (κ1) is 18.3. The monoisotopic (exact) mass is 351 g/mol. The molecule has 7 nitrogen and oxygen atoms in total. The SMILES string of the molecule is COC(=O)c1snnc1-c1ccc(OCC(O)CNC(C)C)cc1. The molecular weight excluding hydrogens is 330 g/mol. The molecule has 0 aliphatic rings. The Labute approximate surface area is 144 Å². The number of esters is 1. The van der Waals surface area contributed by atoms with Gasteiger partial charge in [-0.1, -0.05) is 18.3 Å². The van der Waals surface area contributed by atoms with Crippen molar-refractivity contribution in [2.24, 2.45) is 0 Å². The topological polar surface area (TPSA) is 93.6 Å². The molecule has 2 N–H and O–H groups in total. The summed E-state index contributed by atoms with van der Waals surface area (Å²) in [5.41, 5.74) is 1.23. The fraction of sp³-hybridized carbons (Fsp3) is 0.438. The first-order valence-electron chi connectivity index (χ1n) is 7.56. The molecule has 1 aromatic heterocycles. The van der Waals surface area contributed by atoms with Gasteiger partial charge in [0, 0.05) is 18.2 Å². The van der Waals surface area contributed by atoms with Crippen LogP contribution in [-0.2, 0) is 4.74 Å². The van der Waals surface area contributed by atoms with Crippen molar-refractivity contribution in [2.45, 2.75) is 26.0 Å². The molecule has 0 aliphatic heterocycles. The molecule has 0 aliphatic carbocycles. The number of hydrogen-bond acceptors (Lipinski definition) is 8. The molecule has 2 aromatic rings. The molecule has 1 aromatic carbocycles. The number of rotatable bonds is 8. The molecule has 0 radical (unpaired) electrons. The molecule has 0 saturated heterocycles. The third kappa shape index (κ3) is 4.98. The molecule has 0 spiro atoms. The van der Waals surface area contributed by atoms with Crippen molar-refractivity contribution in [3.8, 4) is 17.0 Å². The average Bonchev–Trinajstić information content (AvgIpc) is 3.07. The number of aliphatic hydroxyl groups is 1. The van der Waals surface area contributed by atoms with E-state index in [1.165, 1.54) is 7.11 Å². The highest BCUT2D eigenvalue weighted by atomic mass is 32.1. The molecule has 1 heterocycles. The van der Waals surface area contributed by atoms with Crippen molar-refractivity contribution in [2.75, 3.05) is 20.3 Å². The molecule has 2 rings (SSSR count). The van der Waals surface area contributed by atoms with Gasteiger partial charge in [-0.05, 0) is 35.8 Å². The van der Waals surface area contributed by atoms with Crippen LogP contribution in [0, 0.1) is 0 Å². The van der Waals surface area contributed by atoms with E-state index in [-0.39, 0.29) is 6.61 Å². The largest absolute Gasteiger partial charge is 0.491 e. The van der Waals surface area contributed by atoms with E-state index in [1.807, 2.05) is 13.8 Å². The van der Waals surface area contributed by atoms with Crippen LogP contribution in [0.4, 0.5) is 0 Å². The highest BCUT2D eigenvalue weighted by molar-refractivity contribution is 7.08. The van der Waals surface area contributed by atoms with E-state index in [9.17, 15) is 9.90 Å². The third-order valence-electron chi connectivity index (χ3n) is 3.19. The van der Waals surface area contributed by atoms with Crippen LogP contribution in [0.2, 0.25) is 0 Å². The van der Waals surface area contributed by atoms with Gasteiger partial charge in [0.05, 0.1) is 7.11 Å². The summed E-state index contributed by atoms with van der Waals surface area (Å²) in [6.45, 7) is 4.71. The third-order valence-corrected chi connectivity index (χ3v) is 3.90. The van der Waals surface area contributed by atoms with Gasteiger partial charge in [-0.2, -0.15) is 0 Å². The second-order valence-electron chi connectivity index (χ2n) is 5.49. The molecule has 1 atom stereocenters. The summed E-state index contributed by atoms with van der Waals surface area (Å²) >= 11 is 0.996. The maximum absolute atomic E-state index is 11.7. The van der Waals surface area contributed by atoms with E-state index in [4.69, 9.17) is 9.47 Å². The van der Waals surface area contributed by atoms with Gasteiger partial charge in [0.15, 0.2) is 4.88 Å². The molecule has 1 unspecified atom stereocenters. The second-order valence-corrected chi connectivity index (χ2v) is 6.25. The Balaban J connectivity index is 1.96. The zero-order valence-electron chi connectivity index (χ0n) is 13.9. The Morgan fingerprint density at radius 2 is 2.04 bits per heavy atom. The van der Waals surface area contributed by atoms with Crippen LogP contribution >= 0.6 is 11.5 Å². The summed E-state index contributed by atoms with van der Waals surface area (Å²) in [6.07, 6.45) is -0.583. The lowest BCUT2D eigenvalue weighted by atomic mass is 10.1. The highest BCUT2D eigenvalue weighted by Crippen LogP contribution is 2.26. The van der Waals surface area contributed by atoms with Crippen LogP contribution in [0.25, 0.3) is 11.3 Å². The molecule has 130 valence electrons. The number of benzene rings is 1. The van der Waals surface area contributed by atoms with Crippen molar-refractivity contribution in [1.29, 1.82) is 0 Å². The predicted molar refractivity (Wildman–Crippen MR) is 91.3 cm³/mol. The van der Waals surface area contributed by atoms with E-state index < -0.39 is 12.1 Å². The Bertz CT molecular complexity index is 658. The van der Waals surface area contributed by atoms with Crippen molar-refractivity contribution in [3.63, 3.8) is 0 Å². The van der Waals surface area contributed by atoms with Gasteiger partial charge in [0.2, 0.25) is 0 Å². The van der Waals surface area contributed by atoms with Crippen LogP contribution in [-0.4, -0.2) is 53.1 Å². The maximum Gasteiger partial charge on any atom is 0.352 e. The Kier molecular flexibility index (Phi) is 6.65. The summed E-state index contributed by atoms with van der Waals surface area (Å²) in [5, 5.41) is 17.0. The van der Waals surface area contributed by atoms with Crippen LogP contribution in [0.3, 0.4) is 0 Å². The number of carbonyl (C=O) groups excluding carboxylic acids is 1. The zero-order valence-corrected chi connectivity index (χ0v) is 14.7. The normalized spacial score (nSPS) is 12.2. The first-order chi connectivity index (χ1) is 11.5. The second kappa shape index (κ2) is 8.72. The van der Waals surface area contributed by atoms with Crippen LogP contribution in [0.5, 0.6) is 5.75 Å². The number of aliphatic hydroxyl groups excluding tert-OH is 1. The summed E-state index contributed by atoms with van der Waals surface area (Å²) < 4.78 is 14.1. The summed E-state index contributed by atoms with van der Waals surface area (Å²) in [6, 6.07) is 7.42. The standard InChI is InChI=1S/C16H21N3O4S/c1-10(2)17-8-12(20)9-23-13-6-4-11(5-7-13)14-15(16(21)22-3)24-19-18-14/h4-7,10,12,17,20H,8-9H2,1-3H3. The van der Waals surface area contributed by atoms with Gasteiger partial charge in [0.1, 0.15) is 24.2 Å². The minimum Gasteiger partial charge on any atom is -0.491 e. The van der Waals surface area contributed by atoms with Gasteiger partial charge in [0.25, 0.3) is 0 Å². The Morgan fingerprint density at radius 3 is 2.67 bits per heavy atom. The molecule has 0 bridgehead atoms. The molecule has 8 heteroatoms. The fourth-order valence-corrected chi connectivity index (χ4v) is 2.55. The summed E-state index contributed by atoms with van der Waals surface area (Å²) in [7, 11) is 1.32. The highest BCUT2D eigenvalue weighted by Gasteiger charge is 2.18. The van der Waals surface area contributed by atoms with E-state index >= 15 is 0 Å². The molecule has 24 heavy (non-hydrogen) atoms. The number of hydrogen-bond donors (Lipinski definition) is 2. The van der Waals surface area contributed by atoms with Crippen molar-refractivity contribution in [3.05, 3.63) is 29.1 Å². The number of aromatic nitrogens is 2. The molecule has 0 amide bonds. The van der Waals surface area contributed by atoms with Gasteiger partial charge in [-0.25, -0.2) is 4.79 Å². The fourth-order valence-electron chi connectivity index (χ4n) is 1.94. The average molecular weight is 351 g/mol. The Morgan fingerprint density at radius 1 is 1.33 bits per heavy atom. The molecule has 0 saturated carbocycles. The van der Waals surface area contributed by atoms with Crippen molar-refractivity contribution >= 4 is 17.5 Å². The zero-order chi connectivity index (χ0) is 17.5.